The number of para-hydroxylation sites is 1. The molecule has 2 aromatic carbocycles. The number of amides is 1. The molecule has 2 aromatic rings. The molecule has 2 nitrogen and oxygen atoms in total. The summed E-state index contributed by atoms with van der Waals surface area (Å²) in [6, 6.07) is 18.6. The molecule has 22 heavy (non-hydrogen) atoms. The van der Waals surface area contributed by atoms with Crippen LogP contribution < -0.4 is 4.90 Å². The Bertz CT molecular complexity index is 658. The van der Waals surface area contributed by atoms with E-state index < -0.39 is 0 Å². The lowest BCUT2D eigenvalue weighted by Gasteiger charge is -2.25. The summed E-state index contributed by atoms with van der Waals surface area (Å²) in [5.74, 6) is 0.724. The maximum absolute atomic E-state index is 12.3. The molecular weight excluding hydrogens is 290 g/mol. The lowest BCUT2D eigenvalue weighted by Crippen LogP contribution is -2.27. The SMILES string of the molecule is CC(C)(C)c1ccc([C@@H]2SCC(=O)N2c2ccccc2)cc1. The fourth-order valence-corrected chi connectivity index (χ4v) is 3.86. The van der Waals surface area contributed by atoms with Crippen molar-refractivity contribution in [2.45, 2.75) is 31.6 Å². The van der Waals surface area contributed by atoms with E-state index in [2.05, 4.69) is 45.0 Å². The Labute approximate surface area is 136 Å². The van der Waals surface area contributed by atoms with Gasteiger partial charge in [0.1, 0.15) is 5.37 Å². The van der Waals surface area contributed by atoms with Crippen LogP contribution in [0.5, 0.6) is 0 Å². The molecule has 0 radical (unpaired) electrons. The number of nitrogens with zero attached hydrogens (tertiary/aromatic N) is 1. The number of hydrogen-bond donors (Lipinski definition) is 0. The van der Waals surface area contributed by atoms with Crippen molar-refractivity contribution in [3.8, 4) is 0 Å². The van der Waals surface area contributed by atoms with Crippen molar-refractivity contribution in [3.05, 3.63) is 65.7 Å². The van der Waals surface area contributed by atoms with Crippen LogP contribution in [0.25, 0.3) is 0 Å². The van der Waals surface area contributed by atoms with E-state index >= 15 is 0 Å². The number of anilines is 1. The van der Waals surface area contributed by atoms with Gasteiger partial charge in [-0.1, -0.05) is 63.2 Å². The van der Waals surface area contributed by atoms with Gasteiger partial charge in [-0.15, -0.1) is 11.8 Å². The molecule has 0 N–H and O–H groups in total. The fourth-order valence-electron chi connectivity index (χ4n) is 2.69. The summed E-state index contributed by atoms with van der Waals surface area (Å²) in [4.78, 5) is 14.2. The summed E-state index contributed by atoms with van der Waals surface area (Å²) in [5, 5.41) is 0.0731. The van der Waals surface area contributed by atoms with E-state index in [1.165, 1.54) is 11.1 Å². The van der Waals surface area contributed by atoms with E-state index in [1.807, 2.05) is 35.2 Å². The zero-order valence-electron chi connectivity index (χ0n) is 13.2. The van der Waals surface area contributed by atoms with E-state index in [-0.39, 0.29) is 16.7 Å². The van der Waals surface area contributed by atoms with Gasteiger partial charge < -0.3 is 0 Å². The molecule has 0 spiro atoms. The molecule has 0 saturated carbocycles. The van der Waals surface area contributed by atoms with Crippen molar-refractivity contribution < 1.29 is 4.79 Å². The first kappa shape index (κ1) is 15.2. The van der Waals surface area contributed by atoms with Crippen molar-refractivity contribution >= 4 is 23.4 Å². The van der Waals surface area contributed by atoms with Gasteiger partial charge in [-0.25, -0.2) is 0 Å². The van der Waals surface area contributed by atoms with Crippen LogP contribution in [0, 0.1) is 0 Å². The first-order valence-corrected chi connectivity index (χ1v) is 8.61. The van der Waals surface area contributed by atoms with Crippen LogP contribution in [-0.2, 0) is 10.2 Å². The summed E-state index contributed by atoms with van der Waals surface area (Å²) >= 11 is 1.70. The molecule has 114 valence electrons. The minimum atomic E-state index is 0.0731. The lowest BCUT2D eigenvalue weighted by atomic mass is 9.86. The van der Waals surface area contributed by atoms with Crippen molar-refractivity contribution in [1.82, 2.24) is 0 Å². The predicted octanol–water partition coefficient (Wildman–Crippen LogP) is 4.76. The first-order chi connectivity index (χ1) is 10.5. The molecule has 0 aromatic heterocycles. The molecule has 0 bridgehead atoms. The van der Waals surface area contributed by atoms with Crippen molar-refractivity contribution in [3.63, 3.8) is 0 Å². The Morgan fingerprint density at radius 3 is 2.23 bits per heavy atom. The Hall–Kier alpha value is -1.74. The van der Waals surface area contributed by atoms with E-state index in [0.717, 1.165) is 5.69 Å². The molecule has 0 unspecified atom stereocenters. The maximum atomic E-state index is 12.3. The zero-order valence-corrected chi connectivity index (χ0v) is 14.1. The molecule has 1 atom stereocenters. The Morgan fingerprint density at radius 1 is 1.00 bits per heavy atom. The third-order valence-corrected chi connectivity index (χ3v) is 5.18. The average Bonchev–Trinajstić information content (AvgIpc) is 2.89. The van der Waals surface area contributed by atoms with Gasteiger partial charge in [0.25, 0.3) is 0 Å². The summed E-state index contributed by atoms with van der Waals surface area (Å²) in [6.45, 7) is 6.64. The largest absolute Gasteiger partial charge is 0.295 e. The quantitative estimate of drug-likeness (QED) is 0.797. The second kappa shape index (κ2) is 5.81. The molecule has 3 rings (SSSR count). The van der Waals surface area contributed by atoms with Gasteiger partial charge in [0.15, 0.2) is 0 Å². The minimum absolute atomic E-state index is 0.0731. The minimum Gasteiger partial charge on any atom is -0.295 e. The number of carbonyl (C=O) groups is 1. The van der Waals surface area contributed by atoms with Gasteiger partial charge in [-0.3, -0.25) is 9.69 Å². The second-order valence-electron chi connectivity index (χ2n) is 6.63. The number of benzene rings is 2. The van der Waals surface area contributed by atoms with Crippen molar-refractivity contribution in [2.24, 2.45) is 0 Å². The third kappa shape index (κ3) is 2.91. The molecule has 3 heteroatoms. The van der Waals surface area contributed by atoms with Gasteiger partial charge >= 0.3 is 0 Å². The number of rotatable bonds is 2. The molecule has 1 saturated heterocycles. The highest BCUT2D eigenvalue weighted by Gasteiger charge is 2.33. The van der Waals surface area contributed by atoms with Crippen LogP contribution in [0.1, 0.15) is 37.3 Å². The second-order valence-corrected chi connectivity index (χ2v) is 7.70. The maximum Gasteiger partial charge on any atom is 0.238 e. The van der Waals surface area contributed by atoms with Gasteiger partial charge in [-0.2, -0.15) is 0 Å². The summed E-state index contributed by atoms with van der Waals surface area (Å²) in [7, 11) is 0. The van der Waals surface area contributed by atoms with E-state index in [9.17, 15) is 4.79 Å². The molecule has 1 amide bonds. The van der Waals surface area contributed by atoms with Crippen LogP contribution in [0.4, 0.5) is 5.69 Å². The predicted molar refractivity (Wildman–Crippen MR) is 94.3 cm³/mol. The highest BCUT2D eigenvalue weighted by Crippen LogP contribution is 2.41. The molecular formula is C19H21NOS. The van der Waals surface area contributed by atoms with E-state index in [0.29, 0.717) is 5.75 Å². The van der Waals surface area contributed by atoms with Crippen LogP contribution in [0.3, 0.4) is 0 Å². The van der Waals surface area contributed by atoms with Gasteiger partial charge in [-0.05, 0) is 28.7 Å². The normalized spacial score (nSPS) is 18.8. The van der Waals surface area contributed by atoms with Gasteiger partial charge in [0.2, 0.25) is 5.91 Å². The number of carbonyl (C=O) groups excluding carboxylic acids is 1. The van der Waals surface area contributed by atoms with Crippen LogP contribution in [0.15, 0.2) is 54.6 Å². The van der Waals surface area contributed by atoms with Crippen LogP contribution in [-0.4, -0.2) is 11.7 Å². The number of hydrogen-bond acceptors (Lipinski definition) is 2. The summed E-state index contributed by atoms with van der Waals surface area (Å²) in [6.07, 6.45) is 0. The lowest BCUT2D eigenvalue weighted by molar-refractivity contribution is -0.115. The topological polar surface area (TPSA) is 20.3 Å². The standard InChI is InChI=1S/C19H21NOS/c1-19(2,3)15-11-9-14(10-12-15)18-20(17(21)13-22-18)16-7-5-4-6-8-16/h4-12,18H,13H2,1-3H3/t18-/m0/s1. The summed E-state index contributed by atoms with van der Waals surface area (Å²) < 4.78 is 0. The molecule has 1 fully saturated rings. The highest BCUT2D eigenvalue weighted by atomic mass is 32.2. The third-order valence-electron chi connectivity index (χ3n) is 3.96. The Morgan fingerprint density at radius 2 is 1.64 bits per heavy atom. The fraction of sp³-hybridized carbons (Fsp3) is 0.316. The van der Waals surface area contributed by atoms with E-state index in [1.54, 1.807) is 11.8 Å². The first-order valence-electron chi connectivity index (χ1n) is 7.56. The van der Waals surface area contributed by atoms with Gasteiger partial charge in [0.05, 0.1) is 5.75 Å². The van der Waals surface area contributed by atoms with Gasteiger partial charge in [0, 0.05) is 5.69 Å². The molecule has 1 heterocycles. The number of thioether (sulfide) groups is 1. The Balaban J connectivity index is 1.92. The van der Waals surface area contributed by atoms with Crippen LogP contribution >= 0.6 is 11.8 Å². The highest BCUT2D eigenvalue weighted by molar-refractivity contribution is 8.00. The molecule has 1 aliphatic rings. The van der Waals surface area contributed by atoms with Crippen molar-refractivity contribution in [2.75, 3.05) is 10.7 Å². The zero-order chi connectivity index (χ0) is 15.7. The summed E-state index contributed by atoms with van der Waals surface area (Å²) in [5.41, 5.74) is 3.63. The Kier molecular flexibility index (Phi) is 4.00. The van der Waals surface area contributed by atoms with Crippen LogP contribution in [0.2, 0.25) is 0 Å². The average molecular weight is 311 g/mol. The molecule has 0 aliphatic carbocycles. The monoisotopic (exact) mass is 311 g/mol. The van der Waals surface area contributed by atoms with E-state index in [4.69, 9.17) is 0 Å². The smallest absolute Gasteiger partial charge is 0.238 e. The molecule has 1 aliphatic heterocycles. The van der Waals surface area contributed by atoms with Crippen molar-refractivity contribution in [1.29, 1.82) is 0 Å².